The first kappa shape index (κ1) is 19.8. The summed E-state index contributed by atoms with van der Waals surface area (Å²) in [7, 11) is 2.13. The van der Waals surface area contributed by atoms with E-state index < -0.39 is 0 Å². The maximum Gasteiger partial charge on any atom is 0.272 e. The van der Waals surface area contributed by atoms with Gasteiger partial charge >= 0.3 is 0 Å². The van der Waals surface area contributed by atoms with Crippen molar-refractivity contribution in [2.45, 2.75) is 37.3 Å². The standard InChI is InChI=1S/C24H26N4O3/c1-28-12-10-24(11-13-28)15-20(18-8-4-5-9-21(18)31-24)25-22(29)14-19-16-6-2-3-7-17(16)23(30)27-26-19/h2-9,20H,10-15H2,1H3,(H,25,29)(H,27,30)/t20-/m1/s1. The molecule has 1 saturated heterocycles. The number of H-pyrrole nitrogens is 1. The van der Waals surface area contributed by atoms with Crippen LogP contribution in [0.1, 0.15) is 36.6 Å². The molecule has 1 fully saturated rings. The van der Waals surface area contributed by atoms with Crippen molar-refractivity contribution in [3.8, 4) is 5.75 Å². The van der Waals surface area contributed by atoms with Crippen LogP contribution in [-0.4, -0.2) is 46.7 Å². The number of aromatic amines is 1. The number of aromatic nitrogens is 2. The highest BCUT2D eigenvalue weighted by Gasteiger charge is 2.43. The number of carbonyl (C=O) groups is 1. The Balaban J connectivity index is 1.39. The molecular formula is C24H26N4O3. The molecule has 2 N–H and O–H groups in total. The van der Waals surface area contributed by atoms with Gasteiger partial charge in [0.2, 0.25) is 5.91 Å². The third kappa shape index (κ3) is 3.81. The van der Waals surface area contributed by atoms with Crippen LogP contribution in [0.4, 0.5) is 0 Å². The van der Waals surface area contributed by atoms with Gasteiger partial charge in [-0.3, -0.25) is 9.59 Å². The highest BCUT2D eigenvalue weighted by Crippen LogP contribution is 2.44. The number of carbonyl (C=O) groups excluding carboxylic acids is 1. The Labute approximate surface area is 180 Å². The van der Waals surface area contributed by atoms with E-state index in [4.69, 9.17) is 4.74 Å². The van der Waals surface area contributed by atoms with Gasteiger partial charge in [-0.1, -0.05) is 36.4 Å². The van der Waals surface area contributed by atoms with E-state index in [0.29, 0.717) is 16.5 Å². The summed E-state index contributed by atoms with van der Waals surface area (Å²) >= 11 is 0. The molecule has 160 valence electrons. The van der Waals surface area contributed by atoms with Crippen molar-refractivity contribution < 1.29 is 9.53 Å². The quantitative estimate of drug-likeness (QED) is 0.683. The molecule has 0 radical (unpaired) electrons. The van der Waals surface area contributed by atoms with Gasteiger partial charge in [-0.2, -0.15) is 5.10 Å². The maximum absolute atomic E-state index is 13.1. The minimum atomic E-state index is -0.248. The van der Waals surface area contributed by atoms with Crippen LogP contribution in [-0.2, 0) is 11.2 Å². The van der Waals surface area contributed by atoms with Gasteiger partial charge in [0.25, 0.3) is 5.56 Å². The number of fused-ring (bicyclic) bond motifs is 2. The zero-order chi connectivity index (χ0) is 21.4. The van der Waals surface area contributed by atoms with Gasteiger partial charge in [0.05, 0.1) is 23.5 Å². The number of rotatable bonds is 3. The van der Waals surface area contributed by atoms with E-state index in [1.54, 1.807) is 12.1 Å². The number of nitrogens with zero attached hydrogens (tertiary/aromatic N) is 2. The lowest BCUT2D eigenvalue weighted by Crippen LogP contribution is -2.51. The predicted octanol–water partition coefficient (Wildman–Crippen LogP) is 2.57. The highest BCUT2D eigenvalue weighted by molar-refractivity contribution is 5.88. The Morgan fingerprint density at radius 1 is 1.16 bits per heavy atom. The van der Waals surface area contributed by atoms with Crippen molar-refractivity contribution in [2.75, 3.05) is 20.1 Å². The lowest BCUT2D eigenvalue weighted by molar-refractivity contribution is -0.122. The summed E-state index contributed by atoms with van der Waals surface area (Å²) < 4.78 is 6.48. The van der Waals surface area contributed by atoms with E-state index in [-0.39, 0.29) is 29.5 Å². The largest absolute Gasteiger partial charge is 0.487 e. The molecule has 3 heterocycles. The number of likely N-dealkylation sites (tertiary alicyclic amines) is 1. The van der Waals surface area contributed by atoms with Crippen molar-refractivity contribution in [1.82, 2.24) is 20.4 Å². The summed E-state index contributed by atoms with van der Waals surface area (Å²) in [5.74, 6) is 0.741. The van der Waals surface area contributed by atoms with Crippen LogP contribution in [0.25, 0.3) is 10.8 Å². The molecule has 1 amide bonds. The molecule has 1 atom stereocenters. The Kier molecular flexibility index (Phi) is 4.98. The molecule has 0 bridgehead atoms. The number of ether oxygens (including phenoxy) is 1. The first-order chi connectivity index (χ1) is 15.0. The van der Waals surface area contributed by atoms with Crippen LogP contribution < -0.4 is 15.6 Å². The number of para-hydroxylation sites is 1. The highest BCUT2D eigenvalue weighted by atomic mass is 16.5. The number of hydrogen-bond donors (Lipinski definition) is 2. The van der Waals surface area contributed by atoms with Gasteiger partial charge in [0.1, 0.15) is 11.4 Å². The van der Waals surface area contributed by atoms with Crippen molar-refractivity contribution in [3.63, 3.8) is 0 Å². The summed E-state index contributed by atoms with van der Waals surface area (Å²) in [4.78, 5) is 27.4. The molecule has 7 nitrogen and oxygen atoms in total. The van der Waals surface area contributed by atoms with Crippen molar-refractivity contribution in [3.05, 3.63) is 70.1 Å². The normalized spacial score (nSPS) is 20.2. The zero-order valence-electron chi connectivity index (χ0n) is 17.6. The minimum absolute atomic E-state index is 0.104. The third-order valence-electron chi connectivity index (χ3n) is 6.53. The lowest BCUT2D eigenvalue weighted by Gasteiger charge is -2.46. The summed E-state index contributed by atoms with van der Waals surface area (Å²) in [6.07, 6.45) is 2.74. The van der Waals surface area contributed by atoms with Gasteiger partial charge in [-0.05, 0) is 32.0 Å². The fraction of sp³-hybridized carbons (Fsp3) is 0.375. The van der Waals surface area contributed by atoms with E-state index >= 15 is 0 Å². The van der Waals surface area contributed by atoms with Crippen LogP contribution in [0.5, 0.6) is 5.75 Å². The summed E-state index contributed by atoms with van der Waals surface area (Å²) in [6.45, 7) is 1.96. The molecule has 3 aromatic rings. The summed E-state index contributed by atoms with van der Waals surface area (Å²) in [5, 5.41) is 11.1. The maximum atomic E-state index is 13.1. The van der Waals surface area contributed by atoms with E-state index in [1.165, 1.54) is 0 Å². The number of benzene rings is 2. The van der Waals surface area contributed by atoms with Gasteiger partial charge in [0, 0.05) is 30.5 Å². The van der Waals surface area contributed by atoms with Gasteiger partial charge in [0.15, 0.2) is 0 Å². The molecule has 2 aliphatic heterocycles. The fourth-order valence-electron chi connectivity index (χ4n) is 4.78. The van der Waals surface area contributed by atoms with Crippen LogP contribution in [0.2, 0.25) is 0 Å². The molecule has 7 heteroatoms. The van der Waals surface area contributed by atoms with E-state index in [2.05, 4.69) is 27.5 Å². The molecule has 0 saturated carbocycles. The first-order valence-corrected chi connectivity index (χ1v) is 10.8. The number of hydrogen-bond acceptors (Lipinski definition) is 5. The second-order valence-electron chi connectivity index (χ2n) is 8.67. The molecule has 2 aromatic carbocycles. The first-order valence-electron chi connectivity index (χ1n) is 10.8. The molecule has 0 aliphatic carbocycles. The van der Waals surface area contributed by atoms with Crippen molar-refractivity contribution in [2.24, 2.45) is 0 Å². The SMILES string of the molecule is CN1CCC2(CC1)C[C@@H](NC(=O)Cc1n[nH]c(=O)c3ccccc13)c1ccccc1O2. The van der Waals surface area contributed by atoms with Crippen LogP contribution in [0, 0.1) is 0 Å². The number of piperidine rings is 1. The predicted molar refractivity (Wildman–Crippen MR) is 118 cm³/mol. The average Bonchev–Trinajstić information content (AvgIpc) is 2.78. The van der Waals surface area contributed by atoms with Crippen LogP contribution >= 0.6 is 0 Å². The van der Waals surface area contributed by atoms with Gasteiger partial charge in [-0.15, -0.1) is 0 Å². The van der Waals surface area contributed by atoms with Crippen LogP contribution in [0.3, 0.4) is 0 Å². The molecule has 2 aliphatic rings. The topological polar surface area (TPSA) is 87.3 Å². The minimum Gasteiger partial charge on any atom is -0.487 e. The molecule has 1 spiro atoms. The second-order valence-corrected chi connectivity index (χ2v) is 8.67. The molecular weight excluding hydrogens is 392 g/mol. The van der Waals surface area contributed by atoms with Gasteiger partial charge in [-0.25, -0.2) is 5.10 Å². The number of amides is 1. The van der Waals surface area contributed by atoms with Gasteiger partial charge < -0.3 is 15.0 Å². The molecule has 31 heavy (non-hydrogen) atoms. The lowest BCUT2D eigenvalue weighted by atomic mass is 9.80. The Bertz CT molecular complexity index is 1180. The third-order valence-corrected chi connectivity index (χ3v) is 6.53. The smallest absolute Gasteiger partial charge is 0.272 e. The summed E-state index contributed by atoms with van der Waals surface area (Å²) in [6, 6.07) is 15.1. The second kappa shape index (κ2) is 7.81. The van der Waals surface area contributed by atoms with Crippen molar-refractivity contribution >= 4 is 16.7 Å². The van der Waals surface area contributed by atoms with Crippen LogP contribution in [0.15, 0.2) is 53.3 Å². The monoisotopic (exact) mass is 418 g/mol. The van der Waals surface area contributed by atoms with E-state index in [9.17, 15) is 9.59 Å². The van der Waals surface area contributed by atoms with E-state index in [1.807, 2.05) is 36.4 Å². The molecule has 0 unspecified atom stereocenters. The Hall–Kier alpha value is -3.19. The number of nitrogens with one attached hydrogen (secondary N) is 2. The Morgan fingerprint density at radius 2 is 1.87 bits per heavy atom. The fourth-order valence-corrected chi connectivity index (χ4v) is 4.78. The zero-order valence-corrected chi connectivity index (χ0v) is 17.6. The van der Waals surface area contributed by atoms with E-state index in [0.717, 1.165) is 43.7 Å². The average molecular weight is 418 g/mol. The Morgan fingerprint density at radius 3 is 2.68 bits per heavy atom. The summed E-state index contributed by atoms with van der Waals surface area (Å²) in [5.41, 5.74) is 1.09. The van der Waals surface area contributed by atoms with Crippen molar-refractivity contribution in [1.29, 1.82) is 0 Å². The molecule has 1 aromatic heterocycles. The molecule has 5 rings (SSSR count).